The van der Waals surface area contributed by atoms with Crippen LogP contribution in [0.25, 0.3) is 0 Å². The zero-order valence-electron chi connectivity index (χ0n) is 32.6. The Hall–Kier alpha value is -2.56. The fourth-order valence-electron chi connectivity index (χ4n) is 4.62. The first-order chi connectivity index (χ1) is 24.1. The lowest BCUT2D eigenvalue weighted by Gasteiger charge is -2.27. The van der Waals surface area contributed by atoms with Crippen LogP contribution in [0.1, 0.15) is 119 Å². The highest BCUT2D eigenvalue weighted by atomic mass is 16.6. The maximum Gasteiger partial charge on any atom is 0.407 e. The maximum absolute atomic E-state index is 13.6. The highest BCUT2D eigenvalue weighted by Crippen LogP contribution is 2.13. The van der Waals surface area contributed by atoms with Crippen LogP contribution in [0.2, 0.25) is 0 Å². The van der Waals surface area contributed by atoms with Crippen LogP contribution in [0.3, 0.4) is 0 Å². The lowest BCUT2D eigenvalue weighted by molar-refractivity contribution is -0.159. The zero-order chi connectivity index (χ0) is 38.5. The number of carbonyl (C=O) groups is 4. The number of alkyl carbamates (subject to hydrolysis) is 1. The second kappa shape index (κ2) is 29.0. The molecule has 0 aliphatic carbocycles. The van der Waals surface area contributed by atoms with Crippen molar-refractivity contribution >= 4 is 23.9 Å². The van der Waals surface area contributed by atoms with Gasteiger partial charge in [0.1, 0.15) is 23.5 Å². The average Bonchev–Trinajstić information content (AvgIpc) is 3.02. The summed E-state index contributed by atoms with van der Waals surface area (Å²) in [7, 11) is 0. The minimum absolute atomic E-state index is 0.0112. The Kier molecular flexibility index (Phi) is 27.5. The molecule has 3 unspecified atom stereocenters. The van der Waals surface area contributed by atoms with Gasteiger partial charge >= 0.3 is 12.1 Å². The molecule has 0 heterocycles. The summed E-state index contributed by atoms with van der Waals surface area (Å²) in [5.74, 6) is -1.00. The average molecular weight is 734 g/mol. The Morgan fingerprint density at radius 2 is 1.22 bits per heavy atom. The number of hydrogen-bond acceptors (Lipinski definition) is 12. The molecule has 3 amide bonds. The van der Waals surface area contributed by atoms with Crippen LogP contribution in [-0.2, 0) is 38.1 Å². The normalized spacial score (nSPS) is 13.6. The van der Waals surface area contributed by atoms with E-state index in [1.165, 1.54) is 0 Å². The number of unbranched alkanes of at least 4 members (excludes halogenated alkanes) is 4. The van der Waals surface area contributed by atoms with Crippen LogP contribution < -0.4 is 27.0 Å². The molecule has 300 valence electrons. The van der Waals surface area contributed by atoms with E-state index in [0.29, 0.717) is 97.6 Å². The van der Waals surface area contributed by atoms with E-state index >= 15 is 0 Å². The topological polar surface area (TPSA) is 209 Å². The summed E-state index contributed by atoms with van der Waals surface area (Å²) >= 11 is 0. The van der Waals surface area contributed by atoms with Gasteiger partial charge in [0.25, 0.3) is 0 Å². The number of ether oxygens (including phenoxy) is 5. The fraction of sp³-hybridized carbons (Fsp3) is 0.889. The number of nitrogens with two attached hydrogens (primary N) is 1. The number of hydrogen-bond donors (Lipinski definition) is 6. The zero-order valence-corrected chi connectivity index (χ0v) is 32.6. The number of amides is 3. The van der Waals surface area contributed by atoms with E-state index in [-0.39, 0.29) is 18.9 Å². The van der Waals surface area contributed by atoms with Crippen LogP contribution >= 0.6 is 0 Å². The second-order valence-corrected chi connectivity index (χ2v) is 14.5. The van der Waals surface area contributed by atoms with Crippen molar-refractivity contribution in [3.05, 3.63) is 0 Å². The SMILES string of the molecule is CCCCCC(=O)NCCCCC(NC(=O)C(CCCCNC(=O)OC(C)(C)C)NC(O)CCOCCOCCOCCN)C(=O)OC(C)(C)C. The Bertz CT molecular complexity index is 942. The molecule has 0 spiro atoms. The van der Waals surface area contributed by atoms with E-state index in [9.17, 15) is 24.3 Å². The third kappa shape index (κ3) is 30.8. The minimum atomic E-state index is -1.06. The van der Waals surface area contributed by atoms with Gasteiger partial charge in [-0.05, 0) is 86.5 Å². The molecule has 0 aromatic heterocycles. The van der Waals surface area contributed by atoms with E-state index in [1.54, 1.807) is 41.5 Å². The fourth-order valence-corrected chi connectivity index (χ4v) is 4.62. The quantitative estimate of drug-likeness (QED) is 0.0358. The van der Waals surface area contributed by atoms with Gasteiger partial charge in [-0.1, -0.05) is 19.8 Å². The standard InChI is InChI=1S/C36H71N5O10/c1-8-9-10-17-30(42)38-20-13-12-16-29(33(45)50-35(2,3)4)41-32(44)28(15-11-14-21-39-34(46)51-36(5,6)7)40-31(43)18-22-47-24-26-49-27-25-48-23-19-37/h28-29,31,40,43H,8-27,37H2,1-7H3,(H,38,42)(H,39,46)(H,41,44). The molecular weight excluding hydrogens is 662 g/mol. The monoisotopic (exact) mass is 734 g/mol. The summed E-state index contributed by atoms with van der Waals surface area (Å²) in [6, 6.07) is -1.76. The molecule has 3 atom stereocenters. The summed E-state index contributed by atoms with van der Waals surface area (Å²) in [5, 5.41) is 22.2. The molecule has 0 aromatic carbocycles. The van der Waals surface area contributed by atoms with Gasteiger partial charge in [-0.25, -0.2) is 9.59 Å². The summed E-state index contributed by atoms with van der Waals surface area (Å²) < 4.78 is 27.1. The van der Waals surface area contributed by atoms with Crippen LogP contribution in [0.15, 0.2) is 0 Å². The van der Waals surface area contributed by atoms with Gasteiger partial charge in [0.2, 0.25) is 11.8 Å². The Morgan fingerprint density at radius 3 is 1.78 bits per heavy atom. The first kappa shape index (κ1) is 48.4. The first-order valence-corrected chi connectivity index (χ1v) is 18.7. The molecule has 15 heteroatoms. The molecule has 51 heavy (non-hydrogen) atoms. The van der Waals surface area contributed by atoms with E-state index in [0.717, 1.165) is 19.3 Å². The highest BCUT2D eigenvalue weighted by Gasteiger charge is 2.30. The largest absolute Gasteiger partial charge is 0.458 e. The van der Waals surface area contributed by atoms with Crippen molar-refractivity contribution in [3.63, 3.8) is 0 Å². The van der Waals surface area contributed by atoms with Gasteiger partial charge in [-0.2, -0.15) is 0 Å². The highest BCUT2D eigenvalue weighted by molar-refractivity contribution is 5.87. The van der Waals surface area contributed by atoms with Crippen LogP contribution in [0.4, 0.5) is 4.79 Å². The Balaban J connectivity index is 5.23. The van der Waals surface area contributed by atoms with Crippen molar-refractivity contribution in [2.24, 2.45) is 5.73 Å². The number of rotatable bonds is 30. The van der Waals surface area contributed by atoms with Crippen molar-refractivity contribution in [2.45, 2.75) is 149 Å². The van der Waals surface area contributed by atoms with Crippen molar-refractivity contribution < 1.29 is 48.0 Å². The summed E-state index contributed by atoms with van der Waals surface area (Å²) in [5.41, 5.74) is 4.00. The molecule has 7 N–H and O–H groups in total. The lowest BCUT2D eigenvalue weighted by Crippen LogP contribution is -2.53. The lowest BCUT2D eigenvalue weighted by atomic mass is 10.1. The molecule has 0 saturated carbocycles. The molecule has 0 aliphatic rings. The third-order valence-electron chi connectivity index (χ3n) is 7.10. The predicted octanol–water partition coefficient (Wildman–Crippen LogP) is 3.05. The predicted molar refractivity (Wildman–Crippen MR) is 196 cm³/mol. The van der Waals surface area contributed by atoms with Gasteiger partial charge in [0.15, 0.2) is 0 Å². The van der Waals surface area contributed by atoms with Crippen LogP contribution in [0, 0.1) is 0 Å². The molecule has 0 aromatic rings. The minimum Gasteiger partial charge on any atom is -0.458 e. The van der Waals surface area contributed by atoms with Gasteiger partial charge < -0.3 is 50.5 Å². The molecule has 0 bridgehead atoms. The van der Waals surface area contributed by atoms with E-state index in [4.69, 9.17) is 29.4 Å². The third-order valence-corrected chi connectivity index (χ3v) is 7.10. The molecular formula is C36H71N5O10. The van der Waals surface area contributed by atoms with E-state index in [1.807, 2.05) is 0 Å². The molecule has 0 rings (SSSR count). The number of nitrogens with one attached hydrogen (secondary N) is 4. The number of aliphatic hydroxyl groups is 1. The number of aliphatic hydroxyl groups excluding tert-OH is 1. The van der Waals surface area contributed by atoms with Crippen LogP contribution in [-0.4, -0.2) is 118 Å². The Morgan fingerprint density at radius 1 is 0.667 bits per heavy atom. The smallest absolute Gasteiger partial charge is 0.407 e. The number of carbonyl (C=O) groups excluding carboxylic acids is 4. The van der Waals surface area contributed by atoms with Crippen molar-refractivity contribution in [3.8, 4) is 0 Å². The summed E-state index contributed by atoms with van der Waals surface area (Å²) in [6.07, 6.45) is 4.96. The first-order valence-electron chi connectivity index (χ1n) is 18.7. The van der Waals surface area contributed by atoms with Crippen molar-refractivity contribution in [1.29, 1.82) is 0 Å². The molecule has 0 radical (unpaired) electrons. The van der Waals surface area contributed by atoms with Crippen molar-refractivity contribution in [2.75, 3.05) is 59.3 Å². The van der Waals surface area contributed by atoms with E-state index < -0.39 is 47.5 Å². The summed E-state index contributed by atoms with van der Waals surface area (Å²) in [6.45, 7) is 16.3. The molecule has 0 aliphatic heterocycles. The maximum atomic E-state index is 13.6. The van der Waals surface area contributed by atoms with Gasteiger partial charge in [0, 0.05) is 32.5 Å². The summed E-state index contributed by atoms with van der Waals surface area (Å²) in [4.78, 5) is 50.9. The van der Waals surface area contributed by atoms with Gasteiger partial charge in [0.05, 0.1) is 45.7 Å². The van der Waals surface area contributed by atoms with Crippen LogP contribution in [0.5, 0.6) is 0 Å². The second-order valence-electron chi connectivity index (χ2n) is 14.5. The number of esters is 1. The molecule has 0 fully saturated rings. The Labute approximate surface area is 306 Å². The van der Waals surface area contributed by atoms with E-state index in [2.05, 4.69) is 28.2 Å². The van der Waals surface area contributed by atoms with Gasteiger partial charge in [-0.3, -0.25) is 14.9 Å². The van der Waals surface area contributed by atoms with Gasteiger partial charge in [-0.15, -0.1) is 0 Å². The van der Waals surface area contributed by atoms with Crippen molar-refractivity contribution in [1.82, 2.24) is 21.3 Å². The molecule has 15 nitrogen and oxygen atoms in total. The molecule has 0 saturated heterocycles.